The fourth-order valence-corrected chi connectivity index (χ4v) is 1.91. The van der Waals surface area contributed by atoms with E-state index in [4.69, 9.17) is 5.11 Å². The monoisotopic (exact) mass is 320 g/mol. The first-order valence-corrected chi connectivity index (χ1v) is 5.72. The molecule has 0 aliphatic heterocycles. The van der Waals surface area contributed by atoms with Gasteiger partial charge in [-0.1, -0.05) is 22.0 Å². The smallest absolute Gasteiger partial charge is 0.392 e. The van der Waals surface area contributed by atoms with Gasteiger partial charge in [0.1, 0.15) is 0 Å². The SMILES string of the molecule is OCc1ccc(-n2cc(C(F)(F)F)cn2)cc1Br. The minimum atomic E-state index is -4.40. The Morgan fingerprint density at radius 2 is 2.06 bits per heavy atom. The standard InChI is InChI=1S/C11H8BrF3N2O/c12-10-3-9(2-1-7(10)6-18)17-5-8(4-16-17)11(13,14)15/h1-5,18H,6H2. The van der Waals surface area contributed by atoms with E-state index in [2.05, 4.69) is 21.0 Å². The third-order valence-corrected chi connectivity index (χ3v) is 3.12. The van der Waals surface area contributed by atoms with Crippen LogP contribution in [0.15, 0.2) is 35.1 Å². The number of rotatable bonds is 2. The van der Waals surface area contributed by atoms with Crippen molar-refractivity contribution in [3.8, 4) is 5.69 Å². The van der Waals surface area contributed by atoms with Gasteiger partial charge >= 0.3 is 6.18 Å². The van der Waals surface area contributed by atoms with E-state index in [1.807, 2.05) is 0 Å². The van der Waals surface area contributed by atoms with Crippen molar-refractivity contribution in [3.63, 3.8) is 0 Å². The zero-order chi connectivity index (χ0) is 13.3. The summed E-state index contributed by atoms with van der Waals surface area (Å²) in [4.78, 5) is 0. The molecule has 0 aliphatic carbocycles. The maximum Gasteiger partial charge on any atom is 0.419 e. The molecule has 0 bridgehead atoms. The highest BCUT2D eigenvalue weighted by Crippen LogP contribution is 2.29. The Morgan fingerprint density at radius 3 is 2.56 bits per heavy atom. The highest BCUT2D eigenvalue weighted by molar-refractivity contribution is 9.10. The summed E-state index contributed by atoms with van der Waals surface area (Å²) < 4.78 is 39.0. The van der Waals surface area contributed by atoms with Crippen molar-refractivity contribution in [2.75, 3.05) is 0 Å². The van der Waals surface area contributed by atoms with Crippen LogP contribution in [0.5, 0.6) is 0 Å². The molecule has 0 fully saturated rings. The van der Waals surface area contributed by atoms with E-state index in [-0.39, 0.29) is 6.61 Å². The number of alkyl halides is 3. The fraction of sp³-hybridized carbons (Fsp3) is 0.182. The quantitative estimate of drug-likeness (QED) is 0.923. The summed E-state index contributed by atoms with van der Waals surface area (Å²) >= 11 is 3.23. The number of aliphatic hydroxyl groups is 1. The molecule has 0 amide bonds. The lowest BCUT2D eigenvalue weighted by Gasteiger charge is -2.05. The Bertz CT molecular complexity index is 566. The van der Waals surface area contributed by atoms with Crippen molar-refractivity contribution >= 4 is 15.9 Å². The lowest BCUT2D eigenvalue weighted by Crippen LogP contribution is -2.03. The largest absolute Gasteiger partial charge is 0.419 e. The van der Waals surface area contributed by atoms with Crippen LogP contribution in [0.25, 0.3) is 5.69 Å². The van der Waals surface area contributed by atoms with Crippen LogP contribution in [0.2, 0.25) is 0 Å². The van der Waals surface area contributed by atoms with E-state index in [9.17, 15) is 13.2 Å². The molecule has 0 unspecified atom stereocenters. The molecule has 0 atom stereocenters. The van der Waals surface area contributed by atoms with Gasteiger partial charge in [0.15, 0.2) is 0 Å². The molecule has 0 radical (unpaired) electrons. The summed E-state index contributed by atoms with van der Waals surface area (Å²) in [6.45, 7) is -0.145. The van der Waals surface area contributed by atoms with Gasteiger partial charge < -0.3 is 5.11 Å². The number of benzene rings is 1. The van der Waals surface area contributed by atoms with Gasteiger partial charge in [-0.05, 0) is 17.7 Å². The van der Waals surface area contributed by atoms with E-state index in [0.29, 0.717) is 15.7 Å². The van der Waals surface area contributed by atoms with Crippen molar-refractivity contribution in [3.05, 3.63) is 46.2 Å². The number of hydrogen-bond acceptors (Lipinski definition) is 2. The van der Waals surface area contributed by atoms with Gasteiger partial charge in [0.25, 0.3) is 0 Å². The van der Waals surface area contributed by atoms with E-state index >= 15 is 0 Å². The maximum atomic E-state index is 12.4. The molecule has 0 aliphatic rings. The molecule has 1 aromatic carbocycles. The second-order valence-corrected chi connectivity index (χ2v) is 4.46. The molecule has 7 heteroatoms. The Hall–Kier alpha value is -1.34. The van der Waals surface area contributed by atoms with Gasteiger partial charge in [0.05, 0.1) is 24.1 Å². The molecule has 2 aromatic rings. The van der Waals surface area contributed by atoms with Crippen LogP contribution < -0.4 is 0 Å². The molecule has 3 nitrogen and oxygen atoms in total. The van der Waals surface area contributed by atoms with Crippen LogP contribution in [0.3, 0.4) is 0 Å². The predicted molar refractivity (Wildman–Crippen MR) is 62.2 cm³/mol. The number of aliphatic hydroxyl groups excluding tert-OH is 1. The van der Waals surface area contributed by atoms with Crippen LogP contribution >= 0.6 is 15.9 Å². The summed E-state index contributed by atoms with van der Waals surface area (Å²) in [5.74, 6) is 0. The Kier molecular flexibility index (Phi) is 3.45. The van der Waals surface area contributed by atoms with Crippen molar-refractivity contribution < 1.29 is 18.3 Å². The summed E-state index contributed by atoms with van der Waals surface area (Å²) in [7, 11) is 0. The molecule has 1 aromatic heterocycles. The topological polar surface area (TPSA) is 38.0 Å². The van der Waals surface area contributed by atoms with E-state index in [0.717, 1.165) is 17.1 Å². The lowest BCUT2D eigenvalue weighted by molar-refractivity contribution is -0.137. The summed E-state index contributed by atoms with van der Waals surface area (Å²) in [6.07, 6.45) is -2.71. The molecule has 18 heavy (non-hydrogen) atoms. The molecule has 1 heterocycles. The Balaban J connectivity index is 2.38. The molecule has 0 spiro atoms. The molecule has 1 N–H and O–H groups in total. The molecular formula is C11H8BrF3N2O. The average Bonchev–Trinajstić information content (AvgIpc) is 2.77. The second-order valence-electron chi connectivity index (χ2n) is 3.61. The summed E-state index contributed by atoms with van der Waals surface area (Å²) in [6, 6.07) is 4.80. The van der Waals surface area contributed by atoms with Crippen molar-refractivity contribution in [2.24, 2.45) is 0 Å². The van der Waals surface area contributed by atoms with Crippen LogP contribution in [0.1, 0.15) is 11.1 Å². The maximum absolute atomic E-state index is 12.4. The predicted octanol–water partition coefficient (Wildman–Crippen LogP) is 3.15. The van der Waals surface area contributed by atoms with E-state index in [1.165, 1.54) is 0 Å². The van der Waals surface area contributed by atoms with E-state index < -0.39 is 11.7 Å². The van der Waals surface area contributed by atoms with Crippen LogP contribution in [-0.2, 0) is 12.8 Å². The Labute approximate surface area is 109 Å². The van der Waals surface area contributed by atoms with Crippen molar-refractivity contribution in [1.29, 1.82) is 0 Å². The van der Waals surface area contributed by atoms with Crippen LogP contribution in [0.4, 0.5) is 13.2 Å². The molecule has 96 valence electrons. The minimum Gasteiger partial charge on any atom is -0.392 e. The van der Waals surface area contributed by atoms with Gasteiger partial charge in [0, 0.05) is 10.7 Å². The summed E-state index contributed by atoms with van der Waals surface area (Å²) in [5, 5.41) is 12.7. The van der Waals surface area contributed by atoms with Crippen LogP contribution in [-0.4, -0.2) is 14.9 Å². The lowest BCUT2D eigenvalue weighted by atomic mass is 10.2. The number of hydrogen-bond donors (Lipinski definition) is 1. The number of nitrogens with zero attached hydrogens (tertiary/aromatic N) is 2. The van der Waals surface area contributed by atoms with Gasteiger partial charge in [-0.3, -0.25) is 0 Å². The van der Waals surface area contributed by atoms with Gasteiger partial charge in [-0.15, -0.1) is 0 Å². The van der Waals surface area contributed by atoms with Gasteiger partial charge in [0.2, 0.25) is 0 Å². The minimum absolute atomic E-state index is 0.145. The van der Waals surface area contributed by atoms with Crippen molar-refractivity contribution in [2.45, 2.75) is 12.8 Å². The number of aromatic nitrogens is 2. The summed E-state index contributed by atoms with van der Waals surface area (Å²) in [5.41, 5.74) is 0.335. The Morgan fingerprint density at radius 1 is 1.33 bits per heavy atom. The molecule has 0 saturated carbocycles. The van der Waals surface area contributed by atoms with E-state index in [1.54, 1.807) is 18.2 Å². The highest BCUT2D eigenvalue weighted by atomic mass is 79.9. The average molecular weight is 321 g/mol. The highest BCUT2D eigenvalue weighted by Gasteiger charge is 2.32. The third kappa shape index (κ3) is 2.56. The first-order valence-electron chi connectivity index (χ1n) is 4.93. The first-order chi connectivity index (χ1) is 8.41. The zero-order valence-corrected chi connectivity index (χ0v) is 10.5. The fourth-order valence-electron chi connectivity index (χ4n) is 1.42. The third-order valence-electron chi connectivity index (χ3n) is 2.38. The molecular weight excluding hydrogens is 313 g/mol. The first kappa shape index (κ1) is 13.1. The van der Waals surface area contributed by atoms with Gasteiger partial charge in [-0.25, -0.2) is 4.68 Å². The van der Waals surface area contributed by atoms with Gasteiger partial charge in [-0.2, -0.15) is 18.3 Å². The zero-order valence-electron chi connectivity index (χ0n) is 8.95. The van der Waals surface area contributed by atoms with Crippen LogP contribution in [0, 0.1) is 0 Å². The molecule has 2 rings (SSSR count). The number of halogens is 4. The second kappa shape index (κ2) is 4.74. The normalized spacial score (nSPS) is 11.8. The van der Waals surface area contributed by atoms with Crippen molar-refractivity contribution in [1.82, 2.24) is 9.78 Å². The molecule has 0 saturated heterocycles.